The first-order chi connectivity index (χ1) is 27.9. The molecule has 1 aliphatic heterocycles. The maximum absolute atomic E-state index is 13.7. The number of carbonyl (C=O) groups is 1. The summed E-state index contributed by atoms with van der Waals surface area (Å²) in [5, 5.41) is 45.4. The van der Waals surface area contributed by atoms with Crippen molar-refractivity contribution in [2.24, 2.45) is 0 Å². The lowest BCUT2D eigenvalue weighted by atomic mass is 10.0. The second-order valence-corrected chi connectivity index (χ2v) is 15.4. The molecule has 0 aliphatic carbocycles. The lowest BCUT2D eigenvalue weighted by Gasteiger charge is -2.19. The predicted octanol–water partition coefficient (Wildman–Crippen LogP) is 7.92. The average Bonchev–Trinajstić information content (AvgIpc) is 3.71. The van der Waals surface area contributed by atoms with Crippen LogP contribution in [-0.2, 0) is 4.74 Å². The number of aliphatic hydroxyl groups excluding tert-OH is 4. The summed E-state index contributed by atoms with van der Waals surface area (Å²) in [5.74, 6) is 1.45. The number of fused-ring (bicyclic) bond motifs is 3. The number of hydrogen-bond donors (Lipinski definition) is 5. The number of unbranched alkanes of at least 4 members (excludes halogenated alkanes) is 14. The van der Waals surface area contributed by atoms with E-state index in [4.69, 9.17) is 18.9 Å². The number of hydrogen-bond acceptors (Lipinski definition) is 10. The molecule has 5 N–H and O–H groups in total. The van der Waals surface area contributed by atoms with Crippen molar-refractivity contribution in [1.82, 2.24) is 9.88 Å². The predicted molar refractivity (Wildman–Crippen MR) is 224 cm³/mol. The monoisotopic (exact) mass is 790 g/mol. The molecule has 1 fully saturated rings. The van der Waals surface area contributed by atoms with Gasteiger partial charge in [0.25, 0.3) is 0 Å². The van der Waals surface area contributed by atoms with Gasteiger partial charge in [-0.1, -0.05) is 133 Å². The van der Waals surface area contributed by atoms with Gasteiger partial charge in [-0.05, 0) is 36.8 Å². The van der Waals surface area contributed by atoms with Gasteiger partial charge in [0.1, 0.15) is 43.4 Å². The Kier molecular flexibility index (Phi) is 18.9. The van der Waals surface area contributed by atoms with Crippen LogP contribution in [0.5, 0.6) is 17.2 Å². The number of nitrogens with one attached hydrogen (secondary N) is 1. The van der Waals surface area contributed by atoms with Gasteiger partial charge in [-0.15, -0.1) is 0 Å². The molecule has 314 valence electrons. The Morgan fingerprint density at radius 1 is 0.737 bits per heavy atom. The Labute approximate surface area is 338 Å². The molecule has 11 nitrogen and oxygen atoms in total. The van der Waals surface area contributed by atoms with Gasteiger partial charge < -0.3 is 44.7 Å². The van der Waals surface area contributed by atoms with Crippen LogP contribution in [0.25, 0.3) is 21.8 Å². The third kappa shape index (κ3) is 13.1. The molecule has 1 aromatic heterocycles. The number of carbonyl (C=O) groups excluding carboxylic acids is 1. The Balaban J connectivity index is 1.02. The van der Waals surface area contributed by atoms with Crippen molar-refractivity contribution in [3.05, 3.63) is 66.7 Å². The SMILES string of the molecule is CCCCCCCCCCCCCCCCCC(=O)n1c2ccccc2c2c(OCC(O)CNCCOc3ccccc3OC3O[C@H](CO)[C@@H](O)[C@H]3O)cccc21. The maximum Gasteiger partial charge on any atom is 0.231 e. The van der Waals surface area contributed by atoms with Crippen molar-refractivity contribution in [2.75, 3.05) is 32.9 Å². The summed E-state index contributed by atoms with van der Waals surface area (Å²) in [6.07, 6.45) is 14.4. The van der Waals surface area contributed by atoms with E-state index < -0.39 is 37.3 Å². The number of benzene rings is 3. The van der Waals surface area contributed by atoms with E-state index in [1.807, 2.05) is 47.0 Å². The first-order valence-corrected chi connectivity index (χ1v) is 21.5. The Hall–Kier alpha value is -3.71. The van der Waals surface area contributed by atoms with Crippen LogP contribution in [0, 0.1) is 0 Å². The standard InChI is InChI=1S/C46H66N2O9/c1-2-3-4-5-6-7-8-9-10-11-12-13-14-15-16-28-42(51)48-36-23-18-17-22-35(36)43-37(48)24-21-27-40(43)55-33-34(50)31-47-29-30-54-38-25-19-20-26-39(38)56-46-45(53)44(52)41(32-49)57-46/h17-27,34,41,44-47,49-50,52-53H,2-16,28-33H2,1H3/t34?,41-,44-,45-,46?/m1/s1. The van der Waals surface area contributed by atoms with Crippen molar-refractivity contribution in [2.45, 2.75) is 140 Å². The molecule has 1 aliphatic rings. The van der Waals surface area contributed by atoms with Gasteiger partial charge in [-0.2, -0.15) is 0 Å². The Morgan fingerprint density at radius 2 is 1.33 bits per heavy atom. The van der Waals surface area contributed by atoms with Crippen LogP contribution in [0.2, 0.25) is 0 Å². The molecule has 0 amide bonds. The molecule has 0 radical (unpaired) electrons. The largest absolute Gasteiger partial charge is 0.490 e. The number of para-hydroxylation sites is 3. The average molecular weight is 791 g/mol. The fourth-order valence-electron chi connectivity index (χ4n) is 7.64. The van der Waals surface area contributed by atoms with Gasteiger partial charge in [0.15, 0.2) is 11.5 Å². The minimum atomic E-state index is -1.32. The highest BCUT2D eigenvalue weighted by atomic mass is 16.7. The van der Waals surface area contributed by atoms with Crippen molar-refractivity contribution in [3.63, 3.8) is 0 Å². The summed E-state index contributed by atoms with van der Waals surface area (Å²) in [6, 6.07) is 20.6. The van der Waals surface area contributed by atoms with Gasteiger partial charge in [0.05, 0.1) is 23.0 Å². The van der Waals surface area contributed by atoms with Crippen LogP contribution in [0.15, 0.2) is 66.7 Å². The molecular weight excluding hydrogens is 725 g/mol. The molecule has 0 bridgehead atoms. The molecule has 5 rings (SSSR count). The lowest BCUT2D eigenvalue weighted by Crippen LogP contribution is -2.35. The third-order valence-corrected chi connectivity index (χ3v) is 10.8. The van der Waals surface area contributed by atoms with E-state index in [9.17, 15) is 25.2 Å². The van der Waals surface area contributed by atoms with Crippen molar-refractivity contribution in [3.8, 4) is 17.2 Å². The van der Waals surface area contributed by atoms with Gasteiger partial charge >= 0.3 is 0 Å². The summed E-state index contributed by atoms with van der Waals surface area (Å²) in [4.78, 5) is 13.7. The van der Waals surface area contributed by atoms with Gasteiger partial charge in [-0.3, -0.25) is 9.36 Å². The van der Waals surface area contributed by atoms with Crippen molar-refractivity contribution in [1.29, 1.82) is 0 Å². The summed E-state index contributed by atoms with van der Waals surface area (Å²) in [5.41, 5.74) is 1.68. The topological polar surface area (TPSA) is 152 Å². The van der Waals surface area contributed by atoms with Gasteiger partial charge in [0, 0.05) is 24.9 Å². The van der Waals surface area contributed by atoms with Crippen LogP contribution in [0.3, 0.4) is 0 Å². The molecule has 11 heteroatoms. The fourth-order valence-corrected chi connectivity index (χ4v) is 7.64. The first kappa shape index (κ1) is 44.4. The van der Waals surface area contributed by atoms with E-state index in [2.05, 4.69) is 12.2 Å². The molecule has 3 aromatic carbocycles. The highest BCUT2D eigenvalue weighted by Gasteiger charge is 2.44. The van der Waals surface area contributed by atoms with E-state index in [0.29, 0.717) is 30.2 Å². The third-order valence-electron chi connectivity index (χ3n) is 10.8. The number of aromatic nitrogens is 1. The summed E-state index contributed by atoms with van der Waals surface area (Å²) < 4.78 is 25.1. The highest BCUT2D eigenvalue weighted by Crippen LogP contribution is 2.36. The van der Waals surface area contributed by atoms with Crippen molar-refractivity contribution >= 4 is 27.7 Å². The minimum absolute atomic E-state index is 0.0562. The normalized spacial score (nSPS) is 18.7. The second kappa shape index (κ2) is 24.3. The molecule has 57 heavy (non-hydrogen) atoms. The maximum atomic E-state index is 13.7. The zero-order valence-corrected chi connectivity index (χ0v) is 33.9. The molecule has 4 aromatic rings. The zero-order chi connectivity index (χ0) is 40.2. The fraction of sp³-hybridized carbons (Fsp3) is 0.587. The van der Waals surface area contributed by atoms with E-state index in [1.165, 1.54) is 83.5 Å². The summed E-state index contributed by atoms with van der Waals surface area (Å²) in [7, 11) is 0. The molecule has 5 atom stereocenters. The summed E-state index contributed by atoms with van der Waals surface area (Å²) in [6.45, 7) is 2.82. The quantitative estimate of drug-likeness (QED) is 0.0359. The van der Waals surface area contributed by atoms with Crippen LogP contribution in [-0.4, -0.2) is 94.5 Å². The molecule has 0 spiro atoms. The second-order valence-electron chi connectivity index (χ2n) is 15.4. The minimum Gasteiger partial charge on any atom is -0.490 e. The number of aliphatic hydroxyl groups is 4. The Bertz CT molecular complexity index is 1760. The van der Waals surface area contributed by atoms with E-state index in [-0.39, 0.29) is 25.7 Å². The first-order valence-electron chi connectivity index (χ1n) is 21.5. The van der Waals surface area contributed by atoms with Crippen LogP contribution < -0.4 is 19.5 Å². The van der Waals surface area contributed by atoms with E-state index >= 15 is 0 Å². The van der Waals surface area contributed by atoms with Crippen LogP contribution >= 0.6 is 0 Å². The number of rotatable bonds is 28. The van der Waals surface area contributed by atoms with Gasteiger partial charge in [0.2, 0.25) is 12.2 Å². The zero-order valence-electron chi connectivity index (χ0n) is 33.9. The summed E-state index contributed by atoms with van der Waals surface area (Å²) >= 11 is 0. The van der Waals surface area contributed by atoms with Crippen LogP contribution in [0.4, 0.5) is 0 Å². The van der Waals surface area contributed by atoms with E-state index in [1.54, 1.807) is 24.3 Å². The molecule has 1 saturated heterocycles. The molecule has 2 heterocycles. The lowest BCUT2D eigenvalue weighted by molar-refractivity contribution is -0.117. The number of nitrogens with zero attached hydrogens (tertiary/aromatic N) is 1. The van der Waals surface area contributed by atoms with E-state index in [0.717, 1.165) is 34.6 Å². The van der Waals surface area contributed by atoms with Gasteiger partial charge in [-0.25, -0.2) is 0 Å². The Morgan fingerprint density at radius 3 is 2.00 bits per heavy atom. The highest BCUT2D eigenvalue weighted by molar-refractivity contribution is 6.15. The molecule has 0 saturated carbocycles. The molecule has 2 unspecified atom stereocenters. The smallest absolute Gasteiger partial charge is 0.231 e. The number of ether oxygens (including phenoxy) is 4. The molecular formula is C46H66N2O9. The van der Waals surface area contributed by atoms with Crippen LogP contribution in [0.1, 0.15) is 114 Å². The van der Waals surface area contributed by atoms with Crippen molar-refractivity contribution < 1.29 is 44.2 Å².